The van der Waals surface area contributed by atoms with Gasteiger partial charge in [-0.05, 0) is 12.1 Å². The first-order valence-electron chi connectivity index (χ1n) is 4.51. The molecule has 0 spiro atoms. The second-order valence-electron chi connectivity index (χ2n) is 3.22. The molecule has 0 aliphatic rings. The van der Waals surface area contributed by atoms with Crippen LogP contribution in [0.15, 0.2) is 30.3 Å². The molecule has 98 valence electrons. The van der Waals surface area contributed by atoms with E-state index in [4.69, 9.17) is 23.2 Å². The summed E-state index contributed by atoms with van der Waals surface area (Å²) in [5.41, 5.74) is 0.170. The number of hydrogen-bond donors (Lipinski definition) is 1. The molecule has 0 aromatic heterocycles. The number of anilines is 1. The Hall–Kier alpha value is -1.27. The van der Waals surface area contributed by atoms with Gasteiger partial charge in [0.15, 0.2) is 0 Å². The average Bonchev–Trinajstić information content (AvgIpc) is 2.28. The molecule has 0 unspecified atom stereocenters. The first-order chi connectivity index (χ1) is 8.15. The molecule has 1 aromatic rings. The van der Waals surface area contributed by atoms with Gasteiger partial charge in [-0.15, -0.1) is 0 Å². The fourth-order valence-corrected chi connectivity index (χ4v) is 1.32. The SMILES string of the molecule is O=C(Nc1ccccc1)C(Cl)(Cl)C(=O)C(F)(F)F. The highest BCUT2D eigenvalue weighted by Gasteiger charge is 2.55. The molecule has 0 aliphatic carbocycles. The van der Waals surface area contributed by atoms with E-state index < -0.39 is 22.2 Å². The van der Waals surface area contributed by atoms with E-state index in [0.29, 0.717) is 0 Å². The number of alkyl halides is 5. The van der Waals surface area contributed by atoms with Crippen LogP contribution in [0.25, 0.3) is 0 Å². The highest BCUT2D eigenvalue weighted by atomic mass is 35.5. The lowest BCUT2D eigenvalue weighted by molar-refractivity contribution is -0.172. The van der Waals surface area contributed by atoms with Crippen LogP contribution in [0, 0.1) is 0 Å². The molecule has 0 bridgehead atoms. The number of amides is 1. The summed E-state index contributed by atoms with van der Waals surface area (Å²) in [4.78, 5) is 22.3. The van der Waals surface area contributed by atoms with Gasteiger partial charge >= 0.3 is 6.18 Å². The van der Waals surface area contributed by atoms with Crippen molar-refractivity contribution in [3.8, 4) is 0 Å². The molecule has 0 saturated carbocycles. The van der Waals surface area contributed by atoms with Gasteiger partial charge in [0.2, 0.25) is 0 Å². The standard InChI is InChI=1S/C10H6Cl2F3NO2/c11-9(12,7(17)10(13,14)15)8(18)16-6-4-2-1-3-5-6/h1-5H,(H,16,18). The maximum Gasteiger partial charge on any atom is 0.453 e. The number of para-hydroxylation sites is 1. The van der Waals surface area contributed by atoms with Crippen molar-refractivity contribution in [2.75, 3.05) is 5.32 Å². The van der Waals surface area contributed by atoms with Crippen LogP contribution in [0.5, 0.6) is 0 Å². The zero-order valence-corrected chi connectivity index (χ0v) is 10.1. The van der Waals surface area contributed by atoms with E-state index in [9.17, 15) is 22.8 Å². The topological polar surface area (TPSA) is 46.2 Å². The molecular weight excluding hydrogens is 294 g/mol. The molecule has 0 atom stereocenters. The molecule has 0 heterocycles. The highest BCUT2D eigenvalue weighted by Crippen LogP contribution is 2.32. The Morgan fingerprint density at radius 3 is 2.00 bits per heavy atom. The molecule has 8 heteroatoms. The Bertz CT molecular complexity index is 460. The predicted molar refractivity (Wildman–Crippen MR) is 60.6 cm³/mol. The Balaban J connectivity index is 2.87. The number of benzene rings is 1. The molecular formula is C10H6Cl2F3NO2. The summed E-state index contributed by atoms with van der Waals surface area (Å²) >= 11 is 10.3. The number of hydrogen-bond acceptors (Lipinski definition) is 2. The lowest BCUT2D eigenvalue weighted by Gasteiger charge is -2.18. The second-order valence-corrected chi connectivity index (χ2v) is 4.55. The van der Waals surface area contributed by atoms with Crippen LogP contribution in [0.3, 0.4) is 0 Å². The van der Waals surface area contributed by atoms with Crippen molar-refractivity contribution in [3.63, 3.8) is 0 Å². The van der Waals surface area contributed by atoms with Gasteiger partial charge < -0.3 is 5.32 Å². The van der Waals surface area contributed by atoms with Gasteiger partial charge in [-0.3, -0.25) is 9.59 Å². The minimum Gasteiger partial charge on any atom is -0.323 e. The number of carbonyl (C=O) groups excluding carboxylic acids is 2. The van der Waals surface area contributed by atoms with Crippen LogP contribution in [-0.4, -0.2) is 22.2 Å². The molecule has 1 N–H and O–H groups in total. The quantitative estimate of drug-likeness (QED) is 0.689. The summed E-state index contributed by atoms with van der Waals surface area (Å²) in [6.07, 6.45) is -5.29. The number of halogens is 5. The van der Waals surface area contributed by atoms with Crippen molar-refractivity contribution in [2.24, 2.45) is 0 Å². The first-order valence-corrected chi connectivity index (χ1v) is 5.27. The van der Waals surface area contributed by atoms with Gasteiger partial charge in [0, 0.05) is 5.69 Å². The smallest absolute Gasteiger partial charge is 0.323 e. The maximum absolute atomic E-state index is 12.1. The zero-order chi connectivity index (χ0) is 14.0. The van der Waals surface area contributed by atoms with Gasteiger partial charge in [0.05, 0.1) is 0 Å². The van der Waals surface area contributed by atoms with Crippen LogP contribution in [0.1, 0.15) is 0 Å². The van der Waals surface area contributed by atoms with Crippen LogP contribution >= 0.6 is 23.2 Å². The largest absolute Gasteiger partial charge is 0.453 e. The Morgan fingerprint density at radius 2 is 1.56 bits per heavy atom. The van der Waals surface area contributed by atoms with E-state index in [1.807, 2.05) is 5.32 Å². The van der Waals surface area contributed by atoms with Crippen molar-refractivity contribution < 1.29 is 22.8 Å². The van der Waals surface area contributed by atoms with Crippen LogP contribution in [-0.2, 0) is 9.59 Å². The molecule has 18 heavy (non-hydrogen) atoms. The van der Waals surface area contributed by atoms with Crippen LogP contribution < -0.4 is 5.32 Å². The molecule has 3 nitrogen and oxygen atoms in total. The monoisotopic (exact) mass is 299 g/mol. The fraction of sp³-hybridized carbons (Fsp3) is 0.200. The maximum atomic E-state index is 12.1. The van der Waals surface area contributed by atoms with Gasteiger partial charge in [0.1, 0.15) is 0 Å². The molecule has 0 fully saturated rings. The second kappa shape index (κ2) is 5.16. The fourth-order valence-electron chi connectivity index (χ4n) is 1.01. The average molecular weight is 300 g/mol. The number of nitrogens with one attached hydrogen (secondary N) is 1. The zero-order valence-electron chi connectivity index (χ0n) is 8.59. The molecule has 0 radical (unpaired) electrons. The number of ketones is 1. The molecule has 1 aromatic carbocycles. The highest BCUT2D eigenvalue weighted by molar-refractivity contribution is 6.69. The van der Waals surface area contributed by atoms with Gasteiger partial charge in [-0.1, -0.05) is 41.4 Å². The summed E-state index contributed by atoms with van der Waals surface area (Å²) in [6.45, 7) is 0. The van der Waals surface area contributed by atoms with Crippen LogP contribution in [0.4, 0.5) is 18.9 Å². The summed E-state index contributed by atoms with van der Waals surface area (Å²) in [7, 11) is 0. The Labute approximate surface area is 110 Å². The van der Waals surface area contributed by atoms with E-state index in [1.54, 1.807) is 6.07 Å². The van der Waals surface area contributed by atoms with E-state index in [-0.39, 0.29) is 5.69 Å². The number of rotatable bonds is 3. The van der Waals surface area contributed by atoms with Crippen LogP contribution in [0.2, 0.25) is 0 Å². The molecule has 0 aliphatic heterocycles. The van der Waals surface area contributed by atoms with E-state index in [2.05, 4.69) is 0 Å². The van der Waals surface area contributed by atoms with Crippen molar-refractivity contribution in [3.05, 3.63) is 30.3 Å². The molecule has 1 amide bonds. The third-order valence-corrected chi connectivity index (χ3v) is 2.55. The third kappa shape index (κ3) is 3.36. The van der Waals surface area contributed by atoms with Gasteiger partial charge in [0.25, 0.3) is 16.0 Å². The number of Topliss-reactive ketones (excluding diaryl/α,β-unsaturated/α-hetero) is 1. The van der Waals surface area contributed by atoms with E-state index >= 15 is 0 Å². The summed E-state index contributed by atoms with van der Waals surface area (Å²) in [5, 5.41) is 2.01. The summed E-state index contributed by atoms with van der Waals surface area (Å²) in [6, 6.07) is 7.50. The normalized spacial score (nSPS) is 12.1. The van der Waals surface area contributed by atoms with Gasteiger partial charge in [-0.25, -0.2) is 0 Å². The Kier molecular flexibility index (Phi) is 4.24. The first kappa shape index (κ1) is 14.8. The minimum absolute atomic E-state index is 0.170. The summed E-state index contributed by atoms with van der Waals surface area (Å²) < 4.78 is 33.2. The van der Waals surface area contributed by atoms with E-state index in [1.165, 1.54) is 24.3 Å². The number of carbonyl (C=O) groups is 2. The van der Waals surface area contributed by atoms with E-state index in [0.717, 1.165) is 0 Å². The summed E-state index contributed by atoms with van der Waals surface area (Å²) in [5.74, 6) is -3.99. The molecule has 1 rings (SSSR count). The van der Waals surface area contributed by atoms with Crippen molar-refractivity contribution in [1.82, 2.24) is 0 Å². The lowest BCUT2D eigenvalue weighted by atomic mass is 10.2. The van der Waals surface area contributed by atoms with Crippen molar-refractivity contribution in [2.45, 2.75) is 10.5 Å². The van der Waals surface area contributed by atoms with Gasteiger partial charge in [-0.2, -0.15) is 13.2 Å². The third-order valence-electron chi connectivity index (χ3n) is 1.86. The Morgan fingerprint density at radius 1 is 1.06 bits per heavy atom. The van der Waals surface area contributed by atoms with Crippen molar-refractivity contribution >= 4 is 40.6 Å². The predicted octanol–water partition coefficient (Wildman–Crippen LogP) is 2.93. The van der Waals surface area contributed by atoms with Crippen molar-refractivity contribution in [1.29, 1.82) is 0 Å². The minimum atomic E-state index is -5.29. The lowest BCUT2D eigenvalue weighted by Crippen LogP contribution is -2.46. The molecule has 0 saturated heterocycles.